The van der Waals surface area contributed by atoms with E-state index in [-0.39, 0.29) is 36.8 Å². The van der Waals surface area contributed by atoms with Gasteiger partial charge < -0.3 is 15.5 Å². The monoisotopic (exact) mass is 358 g/mol. The van der Waals surface area contributed by atoms with E-state index in [1.165, 1.54) is 0 Å². The van der Waals surface area contributed by atoms with Gasteiger partial charge in [0.1, 0.15) is 0 Å². The van der Waals surface area contributed by atoms with Crippen LogP contribution in [-0.4, -0.2) is 66.3 Å². The number of fused-ring (bicyclic) bond motifs is 1. The van der Waals surface area contributed by atoms with Crippen LogP contribution in [-0.2, 0) is 4.79 Å². The molecule has 2 N–H and O–H groups in total. The van der Waals surface area contributed by atoms with Gasteiger partial charge in [-0.15, -0.1) is 0 Å². The molecule has 1 aromatic carbocycles. The zero-order chi connectivity index (χ0) is 18.5. The number of imide groups is 1. The molecule has 1 fully saturated rings. The standard InChI is InChI=1S/C18H22N4O4/c23-15-7-3-10-21(15)11-4-8-19-18(26)20-9-12-22-16(24)13-5-1-2-6-14(13)17(22)25/h1-2,5-6H,3-4,7-12H2,(H2,19,20,26). The second kappa shape index (κ2) is 7.99. The molecule has 1 saturated heterocycles. The van der Waals surface area contributed by atoms with E-state index in [4.69, 9.17) is 0 Å². The van der Waals surface area contributed by atoms with Crippen molar-refractivity contribution in [2.24, 2.45) is 0 Å². The Kier molecular flexibility index (Phi) is 5.50. The van der Waals surface area contributed by atoms with Gasteiger partial charge in [0.05, 0.1) is 11.1 Å². The van der Waals surface area contributed by atoms with Crippen molar-refractivity contribution in [3.8, 4) is 0 Å². The average Bonchev–Trinajstić information content (AvgIpc) is 3.15. The average molecular weight is 358 g/mol. The number of amides is 5. The molecular formula is C18H22N4O4. The second-order valence-corrected chi connectivity index (χ2v) is 6.33. The van der Waals surface area contributed by atoms with E-state index in [0.717, 1.165) is 17.9 Å². The summed E-state index contributed by atoms with van der Waals surface area (Å²) in [6.45, 7) is 2.21. The summed E-state index contributed by atoms with van der Waals surface area (Å²) in [5.41, 5.74) is 0.803. The van der Waals surface area contributed by atoms with Gasteiger partial charge in [0.2, 0.25) is 5.91 Å². The minimum Gasteiger partial charge on any atom is -0.343 e. The van der Waals surface area contributed by atoms with Crippen LogP contribution in [0.25, 0.3) is 0 Å². The smallest absolute Gasteiger partial charge is 0.314 e. The quantitative estimate of drug-likeness (QED) is 0.551. The topological polar surface area (TPSA) is 98.8 Å². The van der Waals surface area contributed by atoms with Crippen molar-refractivity contribution in [2.75, 3.05) is 32.7 Å². The molecule has 138 valence electrons. The van der Waals surface area contributed by atoms with Gasteiger partial charge in [-0.25, -0.2) is 4.79 Å². The van der Waals surface area contributed by atoms with Crippen LogP contribution < -0.4 is 10.6 Å². The number of nitrogens with one attached hydrogen (secondary N) is 2. The number of urea groups is 1. The SMILES string of the molecule is O=C(NCCCN1CCCC1=O)NCCN1C(=O)c2ccccc2C1=O. The van der Waals surface area contributed by atoms with Crippen molar-refractivity contribution in [3.05, 3.63) is 35.4 Å². The summed E-state index contributed by atoms with van der Waals surface area (Å²) >= 11 is 0. The molecule has 0 saturated carbocycles. The maximum absolute atomic E-state index is 12.2. The van der Waals surface area contributed by atoms with E-state index < -0.39 is 0 Å². The van der Waals surface area contributed by atoms with E-state index in [9.17, 15) is 19.2 Å². The van der Waals surface area contributed by atoms with Crippen LogP contribution in [0, 0.1) is 0 Å². The van der Waals surface area contributed by atoms with Gasteiger partial charge in [-0.2, -0.15) is 0 Å². The van der Waals surface area contributed by atoms with Gasteiger partial charge in [0.25, 0.3) is 11.8 Å². The number of carbonyl (C=O) groups is 4. The van der Waals surface area contributed by atoms with Crippen molar-refractivity contribution < 1.29 is 19.2 Å². The number of carbonyl (C=O) groups excluding carboxylic acids is 4. The number of benzene rings is 1. The first kappa shape index (κ1) is 17.9. The molecule has 3 rings (SSSR count). The third kappa shape index (κ3) is 3.84. The highest BCUT2D eigenvalue weighted by molar-refractivity contribution is 6.21. The fourth-order valence-electron chi connectivity index (χ4n) is 3.20. The fraction of sp³-hybridized carbons (Fsp3) is 0.444. The molecule has 2 aliphatic rings. The molecule has 8 heteroatoms. The van der Waals surface area contributed by atoms with E-state index in [1.54, 1.807) is 24.3 Å². The molecule has 1 aromatic rings. The number of likely N-dealkylation sites (tertiary alicyclic amines) is 1. The lowest BCUT2D eigenvalue weighted by Gasteiger charge is -2.16. The summed E-state index contributed by atoms with van der Waals surface area (Å²) in [5.74, 6) is -0.485. The Bertz CT molecular complexity index is 699. The molecule has 5 amide bonds. The third-order valence-electron chi connectivity index (χ3n) is 4.56. The number of hydrogen-bond acceptors (Lipinski definition) is 4. The zero-order valence-corrected chi connectivity index (χ0v) is 14.5. The summed E-state index contributed by atoms with van der Waals surface area (Å²) in [5, 5.41) is 5.35. The molecule has 8 nitrogen and oxygen atoms in total. The molecule has 0 radical (unpaired) electrons. The van der Waals surface area contributed by atoms with Crippen molar-refractivity contribution >= 4 is 23.8 Å². The lowest BCUT2D eigenvalue weighted by atomic mass is 10.1. The van der Waals surface area contributed by atoms with Gasteiger partial charge in [-0.3, -0.25) is 19.3 Å². The van der Waals surface area contributed by atoms with Crippen LogP contribution in [0.3, 0.4) is 0 Å². The molecule has 26 heavy (non-hydrogen) atoms. The molecule has 0 aliphatic carbocycles. The van der Waals surface area contributed by atoms with Crippen LogP contribution in [0.5, 0.6) is 0 Å². The number of hydrogen-bond donors (Lipinski definition) is 2. The summed E-state index contributed by atoms with van der Waals surface area (Å²) in [6.07, 6.45) is 2.22. The highest BCUT2D eigenvalue weighted by atomic mass is 16.2. The van der Waals surface area contributed by atoms with E-state index in [2.05, 4.69) is 10.6 Å². The van der Waals surface area contributed by atoms with Crippen molar-refractivity contribution in [1.82, 2.24) is 20.4 Å². The lowest BCUT2D eigenvalue weighted by Crippen LogP contribution is -2.42. The maximum atomic E-state index is 12.2. The second-order valence-electron chi connectivity index (χ2n) is 6.33. The third-order valence-corrected chi connectivity index (χ3v) is 4.56. The van der Waals surface area contributed by atoms with Gasteiger partial charge in [0.15, 0.2) is 0 Å². The Balaban J connectivity index is 1.34. The highest BCUT2D eigenvalue weighted by Gasteiger charge is 2.34. The van der Waals surface area contributed by atoms with Gasteiger partial charge in [-0.1, -0.05) is 12.1 Å². The first-order valence-electron chi connectivity index (χ1n) is 8.82. The van der Waals surface area contributed by atoms with E-state index in [1.807, 2.05) is 4.90 Å². The van der Waals surface area contributed by atoms with Crippen LogP contribution in [0.1, 0.15) is 40.0 Å². The Morgan fingerprint density at radius 2 is 1.62 bits per heavy atom. The largest absolute Gasteiger partial charge is 0.343 e. The Morgan fingerprint density at radius 3 is 2.23 bits per heavy atom. The van der Waals surface area contributed by atoms with Gasteiger partial charge >= 0.3 is 6.03 Å². The molecule has 2 heterocycles. The summed E-state index contributed by atoms with van der Waals surface area (Å²) in [7, 11) is 0. The lowest BCUT2D eigenvalue weighted by molar-refractivity contribution is -0.127. The first-order valence-corrected chi connectivity index (χ1v) is 8.82. The van der Waals surface area contributed by atoms with Gasteiger partial charge in [0, 0.05) is 39.1 Å². The van der Waals surface area contributed by atoms with Crippen LogP contribution in [0.15, 0.2) is 24.3 Å². The van der Waals surface area contributed by atoms with Crippen LogP contribution in [0.4, 0.5) is 4.79 Å². The number of rotatable bonds is 7. The highest BCUT2D eigenvalue weighted by Crippen LogP contribution is 2.21. The predicted molar refractivity (Wildman–Crippen MR) is 93.6 cm³/mol. The number of nitrogens with zero attached hydrogens (tertiary/aromatic N) is 2. The Morgan fingerprint density at radius 1 is 0.962 bits per heavy atom. The minimum absolute atomic E-state index is 0.127. The van der Waals surface area contributed by atoms with Gasteiger partial charge in [-0.05, 0) is 25.0 Å². The predicted octanol–water partition coefficient (Wildman–Crippen LogP) is 0.594. The molecular weight excluding hydrogens is 336 g/mol. The summed E-state index contributed by atoms with van der Waals surface area (Å²) in [6, 6.07) is 6.33. The van der Waals surface area contributed by atoms with E-state index in [0.29, 0.717) is 37.1 Å². The molecule has 2 aliphatic heterocycles. The van der Waals surface area contributed by atoms with Crippen LogP contribution >= 0.6 is 0 Å². The summed E-state index contributed by atoms with van der Waals surface area (Å²) in [4.78, 5) is 50.6. The fourth-order valence-corrected chi connectivity index (χ4v) is 3.20. The zero-order valence-electron chi connectivity index (χ0n) is 14.5. The van der Waals surface area contributed by atoms with Crippen molar-refractivity contribution in [1.29, 1.82) is 0 Å². The Hall–Kier alpha value is -2.90. The molecule has 0 spiro atoms. The minimum atomic E-state index is -0.352. The van der Waals surface area contributed by atoms with E-state index >= 15 is 0 Å². The maximum Gasteiger partial charge on any atom is 0.314 e. The summed E-state index contributed by atoms with van der Waals surface area (Å²) < 4.78 is 0. The van der Waals surface area contributed by atoms with Crippen LogP contribution in [0.2, 0.25) is 0 Å². The van der Waals surface area contributed by atoms with Crippen molar-refractivity contribution in [2.45, 2.75) is 19.3 Å². The molecule has 0 aromatic heterocycles. The normalized spacial score (nSPS) is 16.2. The molecule has 0 unspecified atom stereocenters. The van der Waals surface area contributed by atoms with Crippen molar-refractivity contribution in [3.63, 3.8) is 0 Å². The Labute approximate surface area is 151 Å². The first-order chi connectivity index (χ1) is 12.6. The molecule has 0 atom stereocenters. The molecule has 0 bridgehead atoms.